The van der Waals surface area contributed by atoms with Gasteiger partial charge in [0.15, 0.2) is 0 Å². The Balaban J connectivity index is 1.22. The number of thioether (sulfide) groups is 1. The summed E-state index contributed by atoms with van der Waals surface area (Å²) in [7, 11) is 0. The summed E-state index contributed by atoms with van der Waals surface area (Å²) >= 11 is 1.55. The third-order valence-corrected chi connectivity index (χ3v) is 7.98. The van der Waals surface area contributed by atoms with E-state index in [1.165, 1.54) is 0 Å². The largest absolute Gasteiger partial charge is 0.480 e. The minimum absolute atomic E-state index is 0.260. The lowest BCUT2D eigenvalue weighted by molar-refractivity contribution is -0.139. The van der Waals surface area contributed by atoms with Crippen LogP contribution in [0.25, 0.3) is 44.2 Å². The number of carboxylic acid groups (broad SMARTS) is 1. The molecule has 204 valence electrons. The molecule has 1 aromatic heterocycles. The van der Waals surface area contributed by atoms with Crippen molar-refractivity contribution in [2.45, 2.75) is 43.7 Å². The van der Waals surface area contributed by atoms with E-state index in [9.17, 15) is 14.7 Å². The normalized spacial score (nSPS) is 12.8. The second-order valence-corrected chi connectivity index (χ2v) is 10.8. The molecule has 40 heavy (non-hydrogen) atoms. The van der Waals surface area contributed by atoms with E-state index in [1.807, 2.05) is 37.3 Å². The molecule has 0 saturated carbocycles. The van der Waals surface area contributed by atoms with Gasteiger partial charge in [0.25, 0.3) is 0 Å². The first-order valence-electron chi connectivity index (χ1n) is 13.4. The lowest BCUT2D eigenvalue weighted by Crippen LogP contribution is -2.42. The predicted molar refractivity (Wildman–Crippen MR) is 161 cm³/mol. The summed E-state index contributed by atoms with van der Waals surface area (Å²) in [5.41, 5.74) is 6.14. The van der Waals surface area contributed by atoms with Crippen molar-refractivity contribution >= 4 is 45.8 Å². The molecule has 0 aliphatic heterocycles. The van der Waals surface area contributed by atoms with Gasteiger partial charge in [-0.05, 0) is 54.7 Å². The van der Waals surface area contributed by atoms with Crippen LogP contribution >= 0.6 is 11.8 Å². The molecule has 4 aromatic carbocycles. The van der Waals surface area contributed by atoms with Gasteiger partial charge in [-0.3, -0.25) is 0 Å². The van der Waals surface area contributed by atoms with Gasteiger partial charge in [0, 0.05) is 27.0 Å². The molecule has 5 aromatic rings. The number of nitrogens with one attached hydrogen (secondary N) is 1. The third-order valence-electron chi connectivity index (χ3n) is 6.94. The number of amides is 1. The van der Waals surface area contributed by atoms with E-state index in [2.05, 4.69) is 66.0 Å². The number of carboxylic acids is 1. The molecule has 0 aliphatic rings. The van der Waals surface area contributed by atoms with Gasteiger partial charge in [-0.15, -0.1) is 11.8 Å². The smallest absolute Gasteiger partial charge is 0.408 e. The van der Waals surface area contributed by atoms with Crippen LogP contribution < -0.4 is 5.32 Å². The van der Waals surface area contributed by atoms with Crippen LogP contribution in [0.2, 0.25) is 0 Å². The van der Waals surface area contributed by atoms with Gasteiger partial charge in [0.1, 0.15) is 23.3 Å². The molecular formula is C33H31NO5S. The highest BCUT2D eigenvalue weighted by molar-refractivity contribution is 7.99. The van der Waals surface area contributed by atoms with Gasteiger partial charge in [-0.25, -0.2) is 9.59 Å². The van der Waals surface area contributed by atoms with Gasteiger partial charge in [-0.2, -0.15) is 0 Å². The molecule has 1 amide bonds. The Kier molecular flexibility index (Phi) is 8.41. The predicted octanol–water partition coefficient (Wildman–Crippen LogP) is 8.38. The molecule has 6 nitrogen and oxygen atoms in total. The molecule has 0 radical (unpaired) electrons. The summed E-state index contributed by atoms with van der Waals surface area (Å²) in [6.07, 6.45) is -0.00223. The monoisotopic (exact) mass is 553 g/mol. The van der Waals surface area contributed by atoms with E-state index in [0.29, 0.717) is 12.2 Å². The van der Waals surface area contributed by atoms with Gasteiger partial charge in [-0.1, -0.05) is 79.7 Å². The average molecular weight is 554 g/mol. The first-order valence-corrected chi connectivity index (χ1v) is 14.4. The Bertz CT molecular complexity index is 1630. The molecular weight excluding hydrogens is 522 g/mol. The molecule has 5 rings (SSSR count). The Hall–Kier alpha value is -4.23. The summed E-state index contributed by atoms with van der Waals surface area (Å²) < 4.78 is 11.3. The van der Waals surface area contributed by atoms with Crippen LogP contribution in [0.15, 0.2) is 100 Å². The van der Waals surface area contributed by atoms with Crippen LogP contribution in [0.4, 0.5) is 4.79 Å². The van der Waals surface area contributed by atoms with Gasteiger partial charge in [0.05, 0.1) is 0 Å². The summed E-state index contributed by atoms with van der Waals surface area (Å²) in [6.45, 7) is 3.67. The molecule has 0 aliphatic carbocycles. The molecule has 2 N–H and O–H groups in total. The number of carbonyl (C=O) groups is 2. The number of ether oxygens (including phenoxy) is 1. The van der Waals surface area contributed by atoms with E-state index in [4.69, 9.17) is 9.15 Å². The van der Waals surface area contributed by atoms with Crippen molar-refractivity contribution in [2.75, 3.05) is 5.75 Å². The summed E-state index contributed by atoms with van der Waals surface area (Å²) in [5.74, 6) is -0.529. The third kappa shape index (κ3) is 6.15. The van der Waals surface area contributed by atoms with Gasteiger partial charge in [0.2, 0.25) is 0 Å². The van der Waals surface area contributed by atoms with Crippen molar-refractivity contribution < 1.29 is 23.8 Å². The van der Waals surface area contributed by atoms with Crippen molar-refractivity contribution in [3.63, 3.8) is 0 Å². The highest BCUT2D eigenvalue weighted by Gasteiger charge is 2.21. The van der Waals surface area contributed by atoms with Crippen LogP contribution in [0, 0.1) is 0 Å². The zero-order valence-corrected chi connectivity index (χ0v) is 23.2. The van der Waals surface area contributed by atoms with Crippen LogP contribution in [0.5, 0.6) is 0 Å². The van der Waals surface area contributed by atoms with Crippen molar-refractivity contribution in [1.29, 1.82) is 0 Å². The number of hydrogen-bond acceptors (Lipinski definition) is 5. The minimum Gasteiger partial charge on any atom is -0.480 e. The number of carbonyl (C=O) groups excluding carboxylic acids is 1. The summed E-state index contributed by atoms with van der Waals surface area (Å²) in [5, 5.41) is 14.1. The lowest BCUT2D eigenvalue weighted by atomic mass is 9.99. The highest BCUT2D eigenvalue weighted by Crippen LogP contribution is 2.36. The number of alkyl carbamates (subject to hydrolysis) is 1. The van der Waals surface area contributed by atoms with Crippen LogP contribution in [-0.2, 0) is 9.53 Å². The Morgan fingerprint density at radius 1 is 0.875 bits per heavy atom. The number of benzene rings is 4. The Labute approximate surface area is 237 Å². The molecule has 2 unspecified atom stereocenters. The molecule has 2 atom stereocenters. The maximum atomic E-state index is 11.9. The molecule has 0 fully saturated rings. The number of furan rings is 1. The van der Waals surface area contributed by atoms with Crippen molar-refractivity contribution in [3.8, 4) is 22.3 Å². The van der Waals surface area contributed by atoms with E-state index >= 15 is 0 Å². The SMILES string of the molecule is CCC(C)OC(=O)NC(CCSc1ccc(-c2ccc(-c3cccc4c3oc3ccccc34)cc2)cc1)C(=O)O. The fourth-order valence-corrected chi connectivity index (χ4v) is 5.47. The number of para-hydroxylation sites is 2. The minimum atomic E-state index is -1.07. The first-order chi connectivity index (χ1) is 19.4. The van der Waals surface area contributed by atoms with Gasteiger partial charge < -0.3 is 19.6 Å². The topological polar surface area (TPSA) is 88.8 Å². The molecule has 7 heteroatoms. The number of rotatable bonds is 10. The molecule has 0 bridgehead atoms. The summed E-state index contributed by atoms with van der Waals surface area (Å²) in [6, 6.07) is 30.0. The fraction of sp³-hybridized carbons (Fsp3) is 0.212. The zero-order chi connectivity index (χ0) is 28.1. The second-order valence-electron chi connectivity index (χ2n) is 9.68. The van der Waals surface area contributed by atoms with Crippen LogP contribution in [0.1, 0.15) is 26.7 Å². The average Bonchev–Trinajstić information content (AvgIpc) is 3.36. The first kappa shape index (κ1) is 27.3. The second kappa shape index (κ2) is 12.3. The van der Waals surface area contributed by atoms with Crippen molar-refractivity contribution in [2.24, 2.45) is 0 Å². The van der Waals surface area contributed by atoms with E-state index in [0.717, 1.165) is 49.1 Å². The number of fused-ring (bicyclic) bond motifs is 3. The standard InChI is InChI=1S/C33H31NO5S/c1-3-21(2)38-33(37)34-29(32(35)36)19-20-40-25-17-15-23(16-18-25)22-11-13-24(14-12-22)26-8-6-9-28-27-7-4-5-10-30(27)39-31(26)28/h4-18,21,29H,3,19-20H2,1-2H3,(H,34,37)(H,35,36). The van der Waals surface area contributed by atoms with Gasteiger partial charge >= 0.3 is 12.1 Å². The highest BCUT2D eigenvalue weighted by atomic mass is 32.2. The Morgan fingerprint density at radius 2 is 1.52 bits per heavy atom. The Morgan fingerprint density at radius 3 is 2.23 bits per heavy atom. The maximum absolute atomic E-state index is 11.9. The molecule has 0 saturated heterocycles. The zero-order valence-electron chi connectivity index (χ0n) is 22.4. The molecule has 1 heterocycles. The van der Waals surface area contributed by atoms with E-state index in [-0.39, 0.29) is 12.5 Å². The summed E-state index contributed by atoms with van der Waals surface area (Å²) in [4.78, 5) is 24.5. The fourth-order valence-electron chi connectivity index (χ4n) is 4.55. The van der Waals surface area contributed by atoms with Crippen LogP contribution in [0.3, 0.4) is 0 Å². The van der Waals surface area contributed by atoms with E-state index in [1.54, 1.807) is 18.7 Å². The van der Waals surface area contributed by atoms with E-state index < -0.39 is 18.1 Å². The molecule has 0 spiro atoms. The van der Waals surface area contributed by atoms with Crippen molar-refractivity contribution in [1.82, 2.24) is 5.32 Å². The quantitative estimate of drug-likeness (QED) is 0.169. The number of aliphatic carboxylic acids is 1. The number of hydrogen-bond donors (Lipinski definition) is 2. The van der Waals surface area contributed by atoms with Crippen molar-refractivity contribution in [3.05, 3.63) is 91.0 Å². The maximum Gasteiger partial charge on any atom is 0.408 e. The van der Waals surface area contributed by atoms with Crippen LogP contribution in [-0.4, -0.2) is 35.1 Å². The lowest BCUT2D eigenvalue weighted by Gasteiger charge is -2.16.